The van der Waals surface area contributed by atoms with Crippen LogP contribution >= 0.6 is 0 Å². The summed E-state index contributed by atoms with van der Waals surface area (Å²) in [4.78, 5) is 18.9. The number of aliphatic imine (C=N–C) groups is 1. The van der Waals surface area contributed by atoms with E-state index in [2.05, 4.69) is 9.98 Å². The number of nitrogens with zero attached hydrogens (tertiary/aromatic N) is 2. The predicted octanol–water partition coefficient (Wildman–Crippen LogP) is 0.517. The minimum absolute atomic E-state index is 0.0570. The smallest absolute Gasteiger partial charge is 0.261 e. The zero-order chi connectivity index (χ0) is 20.7. The SMILES string of the molecule is CC(C)(CO)CN1Cc2cc(N=C(N)c3c(N)cc[nH]c3=O)ccc2S1(=O)=O. The molecule has 3 rings (SSSR count). The Morgan fingerprint density at radius 2 is 2.07 bits per heavy atom. The highest BCUT2D eigenvalue weighted by atomic mass is 32.2. The van der Waals surface area contributed by atoms with Crippen LogP contribution in [0, 0.1) is 5.41 Å². The lowest BCUT2D eigenvalue weighted by molar-refractivity contribution is 0.134. The molecule has 28 heavy (non-hydrogen) atoms. The Bertz CT molecular complexity index is 1110. The number of aliphatic hydroxyl groups is 1. The summed E-state index contributed by atoms with van der Waals surface area (Å²) in [5.74, 6) is -0.0570. The summed E-state index contributed by atoms with van der Waals surface area (Å²) in [6, 6.07) is 6.13. The van der Waals surface area contributed by atoms with E-state index in [0.717, 1.165) is 0 Å². The number of aromatic amines is 1. The van der Waals surface area contributed by atoms with Gasteiger partial charge < -0.3 is 21.6 Å². The number of hydrogen-bond donors (Lipinski definition) is 4. The van der Waals surface area contributed by atoms with E-state index in [1.165, 1.54) is 28.7 Å². The normalized spacial score (nSPS) is 16.9. The fraction of sp³-hybridized carbons (Fsp3) is 0.333. The van der Waals surface area contributed by atoms with E-state index in [9.17, 15) is 18.3 Å². The maximum Gasteiger partial charge on any atom is 0.261 e. The highest BCUT2D eigenvalue weighted by Crippen LogP contribution is 2.35. The number of amidine groups is 1. The van der Waals surface area contributed by atoms with Gasteiger partial charge in [-0.05, 0) is 29.8 Å². The lowest BCUT2D eigenvalue weighted by atomic mass is 9.95. The van der Waals surface area contributed by atoms with Gasteiger partial charge in [-0.3, -0.25) is 4.79 Å². The molecule has 0 radical (unpaired) electrons. The second-order valence-electron chi connectivity index (χ2n) is 7.52. The lowest BCUT2D eigenvalue weighted by Gasteiger charge is -2.27. The molecule has 9 nitrogen and oxygen atoms in total. The molecule has 2 aromatic rings. The molecule has 0 bridgehead atoms. The zero-order valence-electron chi connectivity index (χ0n) is 15.6. The molecule has 10 heteroatoms. The Morgan fingerprint density at radius 3 is 2.71 bits per heavy atom. The second kappa shape index (κ2) is 7.04. The third-order valence-electron chi connectivity index (χ3n) is 4.54. The van der Waals surface area contributed by atoms with E-state index < -0.39 is 21.0 Å². The highest BCUT2D eigenvalue weighted by molar-refractivity contribution is 7.89. The maximum absolute atomic E-state index is 12.7. The largest absolute Gasteiger partial charge is 0.398 e. The number of hydrogen-bond acceptors (Lipinski definition) is 6. The number of H-pyrrole nitrogens is 1. The third-order valence-corrected chi connectivity index (χ3v) is 6.43. The molecule has 0 atom stereocenters. The number of rotatable bonds is 5. The van der Waals surface area contributed by atoms with Crippen molar-refractivity contribution in [1.29, 1.82) is 0 Å². The number of nitrogens with one attached hydrogen (secondary N) is 1. The van der Waals surface area contributed by atoms with E-state index in [0.29, 0.717) is 11.3 Å². The Kier molecular flexibility index (Phi) is 5.04. The number of anilines is 1. The van der Waals surface area contributed by atoms with E-state index in [1.54, 1.807) is 19.9 Å². The summed E-state index contributed by atoms with van der Waals surface area (Å²) < 4.78 is 26.8. The molecule has 0 amide bonds. The molecule has 0 saturated carbocycles. The third kappa shape index (κ3) is 3.66. The van der Waals surface area contributed by atoms with Crippen molar-refractivity contribution < 1.29 is 13.5 Å². The van der Waals surface area contributed by atoms with Crippen molar-refractivity contribution in [2.24, 2.45) is 16.1 Å². The van der Waals surface area contributed by atoms with Crippen LogP contribution in [0.15, 0.2) is 45.1 Å². The van der Waals surface area contributed by atoms with Gasteiger partial charge in [0, 0.05) is 37.0 Å². The Morgan fingerprint density at radius 1 is 1.36 bits per heavy atom. The molecule has 0 saturated heterocycles. The van der Waals surface area contributed by atoms with Crippen molar-refractivity contribution in [1.82, 2.24) is 9.29 Å². The minimum Gasteiger partial charge on any atom is -0.398 e. The maximum atomic E-state index is 12.7. The van der Waals surface area contributed by atoms with Crippen molar-refractivity contribution >= 4 is 27.2 Å². The van der Waals surface area contributed by atoms with Gasteiger partial charge in [0.1, 0.15) is 11.4 Å². The quantitative estimate of drug-likeness (QED) is 0.420. The van der Waals surface area contributed by atoms with E-state index >= 15 is 0 Å². The molecule has 1 aliphatic rings. The average Bonchev–Trinajstić information content (AvgIpc) is 2.84. The molecule has 150 valence electrons. The number of fused-ring (bicyclic) bond motifs is 1. The molecule has 1 aliphatic heterocycles. The lowest BCUT2D eigenvalue weighted by Crippen LogP contribution is -2.36. The van der Waals surface area contributed by atoms with Crippen LogP contribution in [0.3, 0.4) is 0 Å². The van der Waals surface area contributed by atoms with Crippen molar-refractivity contribution in [3.8, 4) is 0 Å². The Labute approximate surface area is 162 Å². The first-order chi connectivity index (χ1) is 13.0. The van der Waals surface area contributed by atoms with Crippen molar-refractivity contribution in [3.63, 3.8) is 0 Å². The van der Waals surface area contributed by atoms with Gasteiger partial charge in [-0.25, -0.2) is 13.4 Å². The van der Waals surface area contributed by atoms with Gasteiger partial charge in [0.15, 0.2) is 0 Å². The fourth-order valence-corrected chi connectivity index (χ4v) is 4.85. The summed E-state index contributed by atoms with van der Waals surface area (Å²) >= 11 is 0. The number of aromatic nitrogens is 1. The van der Waals surface area contributed by atoms with Crippen molar-refractivity contribution in [2.45, 2.75) is 25.3 Å². The van der Waals surface area contributed by atoms with Crippen LogP contribution in [0.5, 0.6) is 0 Å². The summed E-state index contributed by atoms with van der Waals surface area (Å²) in [5.41, 5.74) is 12.0. The van der Waals surface area contributed by atoms with Gasteiger partial charge in [-0.15, -0.1) is 0 Å². The Balaban J connectivity index is 1.96. The first kappa shape index (κ1) is 20.1. The van der Waals surface area contributed by atoms with Crippen LogP contribution in [0.4, 0.5) is 11.4 Å². The summed E-state index contributed by atoms with van der Waals surface area (Å²) in [6.45, 7) is 3.83. The molecular weight excluding hydrogens is 382 g/mol. The molecule has 6 N–H and O–H groups in total. The van der Waals surface area contributed by atoms with E-state index in [1.807, 2.05) is 0 Å². The number of aliphatic hydroxyl groups excluding tert-OH is 1. The standard InChI is InChI=1S/C18H23N5O4S/c1-18(2,10-24)9-23-8-11-7-12(3-4-14(11)28(23,26)27)22-16(20)15-13(19)5-6-21-17(15)25/h3-7,24H,8-10H2,1-2H3,(H2,20,22)(H3,19,21,25). The van der Waals surface area contributed by atoms with Crippen LogP contribution in [-0.2, 0) is 16.6 Å². The minimum atomic E-state index is -3.63. The van der Waals surface area contributed by atoms with Crippen LogP contribution in [-0.4, -0.2) is 41.8 Å². The van der Waals surface area contributed by atoms with Crippen LogP contribution in [0.2, 0.25) is 0 Å². The van der Waals surface area contributed by atoms with Crippen LogP contribution < -0.4 is 17.0 Å². The molecule has 1 aromatic heterocycles. The monoisotopic (exact) mass is 405 g/mol. The number of nitrogens with two attached hydrogens (primary N) is 2. The van der Waals surface area contributed by atoms with Gasteiger partial charge in [0.05, 0.1) is 10.6 Å². The molecule has 0 unspecified atom stereocenters. The van der Waals surface area contributed by atoms with Crippen molar-refractivity contribution in [3.05, 3.63) is 51.9 Å². The zero-order valence-corrected chi connectivity index (χ0v) is 16.5. The molecule has 2 heterocycles. The first-order valence-corrected chi connectivity index (χ1v) is 10.0. The molecule has 0 spiro atoms. The molecule has 1 aromatic carbocycles. The first-order valence-electron chi connectivity index (χ1n) is 8.61. The summed E-state index contributed by atoms with van der Waals surface area (Å²) in [5, 5.41) is 9.45. The fourth-order valence-electron chi connectivity index (χ4n) is 3.05. The van der Waals surface area contributed by atoms with Gasteiger partial charge in [0.2, 0.25) is 10.0 Å². The summed E-state index contributed by atoms with van der Waals surface area (Å²) in [7, 11) is -3.63. The Hall–Kier alpha value is -2.69. The van der Waals surface area contributed by atoms with E-state index in [4.69, 9.17) is 11.5 Å². The second-order valence-corrected chi connectivity index (χ2v) is 9.43. The van der Waals surface area contributed by atoms with Gasteiger partial charge in [0.25, 0.3) is 5.56 Å². The van der Waals surface area contributed by atoms with Gasteiger partial charge in [-0.1, -0.05) is 13.8 Å². The highest BCUT2D eigenvalue weighted by Gasteiger charge is 2.37. The number of benzene rings is 1. The topological polar surface area (TPSA) is 155 Å². The number of nitrogen functional groups attached to an aromatic ring is 1. The van der Waals surface area contributed by atoms with Crippen LogP contribution in [0.25, 0.3) is 0 Å². The van der Waals surface area contributed by atoms with Crippen molar-refractivity contribution in [2.75, 3.05) is 18.9 Å². The summed E-state index contributed by atoms with van der Waals surface area (Å²) in [6.07, 6.45) is 1.41. The average molecular weight is 405 g/mol. The number of sulfonamides is 1. The van der Waals surface area contributed by atoms with E-state index in [-0.39, 0.29) is 41.7 Å². The predicted molar refractivity (Wildman–Crippen MR) is 107 cm³/mol. The molecule has 0 fully saturated rings. The van der Waals surface area contributed by atoms with Gasteiger partial charge >= 0.3 is 0 Å². The molecular formula is C18H23N5O4S. The molecule has 0 aliphatic carbocycles. The van der Waals surface area contributed by atoms with Gasteiger partial charge in [-0.2, -0.15) is 4.31 Å². The van der Waals surface area contributed by atoms with Crippen LogP contribution in [0.1, 0.15) is 25.0 Å². The number of pyridine rings is 1.